The van der Waals surface area contributed by atoms with Crippen LogP contribution in [0.4, 0.5) is 5.82 Å². The second-order valence-corrected chi connectivity index (χ2v) is 4.90. The van der Waals surface area contributed by atoms with Crippen molar-refractivity contribution in [3.05, 3.63) is 27.8 Å². The van der Waals surface area contributed by atoms with E-state index in [1.165, 1.54) is 11.3 Å². The number of halogens is 1. The van der Waals surface area contributed by atoms with Gasteiger partial charge in [-0.3, -0.25) is 4.68 Å². The number of anilines is 1. The maximum absolute atomic E-state index is 5.77. The van der Waals surface area contributed by atoms with Crippen LogP contribution in [0.25, 0.3) is 0 Å². The van der Waals surface area contributed by atoms with Crippen LogP contribution in [0.5, 0.6) is 0 Å². The third-order valence-corrected chi connectivity index (χ3v) is 3.30. The van der Waals surface area contributed by atoms with Gasteiger partial charge in [-0.25, -0.2) is 4.98 Å². The minimum atomic E-state index is 0.171. The Labute approximate surface area is 96.9 Å². The van der Waals surface area contributed by atoms with E-state index >= 15 is 0 Å². The van der Waals surface area contributed by atoms with Crippen LogP contribution in [0.2, 0.25) is 4.47 Å². The molecule has 6 heteroatoms. The van der Waals surface area contributed by atoms with Gasteiger partial charge in [-0.05, 0) is 6.92 Å². The van der Waals surface area contributed by atoms with E-state index in [-0.39, 0.29) is 6.04 Å². The van der Waals surface area contributed by atoms with Gasteiger partial charge < -0.3 is 5.32 Å². The summed E-state index contributed by atoms with van der Waals surface area (Å²) in [6, 6.07) is 2.10. The summed E-state index contributed by atoms with van der Waals surface area (Å²) >= 11 is 7.25. The molecule has 2 heterocycles. The molecule has 15 heavy (non-hydrogen) atoms. The van der Waals surface area contributed by atoms with Crippen LogP contribution in [-0.4, -0.2) is 14.8 Å². The number of aryl methyl sites for hydroxylation is 1. The van der Waals surface area contributed by atoms with Crippen LogP contribution in [-0.2, 0) is 7.05 Å². The van der Waals surface area contributed by atoms with Crippen molar-refractivity contribution in [1.29, 1.82) is 0 Å². The Morgan fingerprint density at radius 3 is 2.93 bits per heavy atom. The summed E-state index contributed by atoms with van der Waals surface area (Å²) in [4.78, 5) is 5.11. The van der Waals surface area contributed by atoms with Crippen LogP contribution in [0.1, 0.15) is 17.8 Å². The zero-order valence-corrected chi connectivity index (χ0v) is 10.0. The molecule has 1 unspecified atom stereocenters. The van der Waals surface area contributed by atoms with E-state index in [4.69, 9.17) is 11.6 Å². The van der Waals surface area contributed by atoms with E-state index in [0.29, 0.717) is 4.47 Å². The van der Waals surface area contributed by atoms with Crippen LogP contribution in [0.15, 0.2) is 18.5 Å². The Morgan fingerprint density at radius 2 is 2.40 bits per heavy atom. The van der Waals surface area contributed by atoms with Gasteiger partial charge in [-0.15, -0.1) is 11.3 Å². The van der Waals surface area contributed by atoms with Crippen molar-refractivity contribution in [3.8, 4) is 0 Å². The van der Waals surface area contributed by atoms with Gasteiger partial charge in [0.1, 0.15) is 5.82 Å². The van der Waals surface area contributed by atoms with E-state index in [1.807, 2.05) is 19.3 Å². The maximum Gasteiger partial charge on any atom is 0.183 e. The largest absolute Gasteiger partial charge is 0.361 e. The summed E-state index contributed by atoms with van der Waals surface area (Å²) in [6.07, 6.45) is 3.68. The fourth-order valence-electron chi connectivity index (χ4n) is 1.25. The number of thiazole rings is 1. The van der Waals surface area contributed by atoms with E-state index in [0.717, 1.165) is 10.7 Å². The molecule has 0 spiro atoms. The third kappa shape index (κ3) is 2.49. The van der Waals surface area contributed by atoms with E-state index in [1.54, 1.807) is 10.9 Å². The Morgan fingerprint density at radius 1 is 1.60 bits per heavy atom. The number of rotatable bonds is 3. The van der Waals surface area contributed by atoms with Crippen molar-refractivity contribution in [2.45, 2.75) is 13.0 Å². The minimum absolute atomic E-state index is 0.171. The molecule has 1 N–H and O–H groups in total. The third-order valence-electron chi connectivity index (χ3n) is 2.00. The van der Waals surface area contributed by atoms with Crippen molar-refractivity contribution < 1.29 is 0 Å². The average Bonchev–Trinajstić information content (AvgIpc) is 2.75. The Bertz CT molecular complexity index is 450. The molecule has 0 aliphatic carbocycles. The highest BCUT2D eigenvalue weighted by Gasteiger charge is 2.09. The molecule has 80 valence electrons. The highest BCUT2D eigenvalue weighted by molar-refractivity contribution is 7.15. The van der Waals surface area contributed by atoms with Crippen LogP contribution < -0.4 is 5.32 Å². The average molecular weight is 243 g/mol. The molecule has 0 aromatic carbocycles. The molecule has 0 saturated heterocycles. The summed E-state index contributed by atoms with van der Waals surface area (Å²) in [5.41, 5.74) is 0. The molecule has 0 aliphatic heterocycles. The van der Waals surface area contributed by atoms with Crippen LogP contribution in [0.3, 0.4) is 0 Å². The zero-order valence-electron chi connectivity index (χ0n) is 8.44. The predicted molar refractivity (Wildman–Crippen MR) is 62.4 cm³/mol. The number of hydrogen-bond acceptors (Lipinski definition) is 4. The summed E-state index contributed by atoms with van der Waals surface area (Å²) in [7, 11) is 1.89. The molecular formula is C9H11ClN4S. The Hall–Kier alpha value is -1.07. The molecule has 0 saturated carbocycles. The molecule has 4 nitrogen and oxygen atoms in total. The topological polar surface area (TPSA) is 42.7 Å². The molecule has 1 atom stereocenters. The summed E-state index contributed by atoms with van der Waals surface area (Å²) < 4.78 is 2.33. The van der Waals surface area contributed by atoms with Gasteiger partial charge >= 0.3 is 0 Å². The first-order chi connectivity index (χ1) is 7.15. The minimum Gasteiger partial charge on any atom is -0.361 e. The highest BCUT2D eigenvalue weighted by atomic mass is 35.5. The van der Waals surface area contributed by atoms with Gasteiger partial charge in [-0.1, -0.05) is 11.6 Å². The van der Waals surface area contributed by atoms with Crippen LogP contribution in [0, 0.1) is 0 Å². The van der Waals surface area contributed by atoms with Gasteiger partial charge in [0.15, 0.2) is 4.47 Å². The maximum atomic E-state index is 5.77. The van der Waals surface area contributed by atoms with Crippen molar-refractivity contribution in [2.75, 3.05) is 5.32 Å². The first-order valence-electron chi connectivity index (χ1n) is 4.52. The van der Waals surface area contributed by atoms with E-state index in [2.05, 4.69) is 22.3 Å². The van der Waals surface area contributed by atoms with Gasteiger partial charge in [0.05, 0.1) is 6.04 Å². The fraction of sp³-hybridized carbons (Fsp3) is 0.333. The predicted octanol–water partition coefficient (Wildman–Crippen LogP) is 2.70. The summed E-state index contributed by atoms with van der Waals surface area (Å²) in [6.45, 7) is 2.05. The summed E-state index contributed by atoms with van der Waals surface area (Å²) in [5.74, 6) is 0.856. The lowest BCUT2D eigenvalue weighted by Crippen LogP contribution is -2.05. The lowest BCUT2D eigenvalue weighted by atomic mass is 10.3. The molecule has 0 fully saturated rings. The van der Waals surface area contributed by atoms with Gasteiger partial charge in [0.2, 0.25) is 0 Å². The van der Waals surface area contributed by atoms with E-state index in [9.17, 15) is 0 Å². The van der Waals surface area contributed by atoms with Crippen LogP contribution >= 0.6 is 22.9 Å². The number of nitrogens with one attached hydrogen (secondary N) is 1. The standard InChI is InChI=1S/C9H11ClN4S/c1-6(7-5-11-9(10)15-7)12-8-3-4-14(2)13-8/h3-6H,1-2H3,(H,12,13). The van der Waals surface area contributed by atoms with Gasteiger partial charge in [-0.2, -0.15) is 5.10 Å². The fourth-order valence-corrected chi connectivity index (χ4v) is 2.21. The highest BCUT2D eigenvalue weighted by Crippen LogP contribution is 2.25. The molecule has 2 rings (SSSR count). The number of hydrogen-bond donors (Lipinski definition) is 1. The molecule has 2 aromatic heterocycles. The SMILES string of the molecule is CC(Nc1ccn(C)n1)c1cnc(Cl)s1. The normalized spacial score (nSPS) is 12.7. The monoisotopic (exact) mass is 242 g/mol. The zero-order chi connectivity index (χ0) is 10.8. The van der Waals surface area contributed by atoms with Gasteiger partial charge in [0, 0.05) is 30.4 Å². The first kappa shape index (κ1) is 10.4. The smallest absolute Gasteiger partial charge is 0.183 e. The second kappa shape index (κ2) is 4.20. The van der Waals surface area contributed by atoms with E-state index < -0.39 is 0 Å². The van der Waals surface area contributed by atoms with Crippen molar-refractivity contribution in [3.63, 3.8) is 0 Å². The van der Waals surface area contributed by atoms with Crippen molar-refractivity contribution in [1.82, 2.24) is 14.8 Å². The van der Waals surface area contributed by atoms with Crippen molar-refractivity contribution in [2.24, 2.45) is 7.05 Å². The van der Waals surface area contributed by atoms with Crippen molar-refractivity contribution >= 4 is 28.8 Å². The van der Waals surface area contributed by atoms with Gasteiger partial charge in [0.25, 0.3) is 0 Å². The lowest BCUT2D eigenvalue weighted by Gasteiger charge is -2.09. The Kier molecular flexibility index (Phi) is 2.93. The molecular weight excluding hydrogens is 232 g/mol. The molecule has 2 aromatic rings. The number of nitrogens with zero attached hydrogens (tertiary/aromatic N) is 3. The quantitative estimate of drug-likeness (QED) is 0.900. The first-order valence-corrected chi connectivity index (χ1v) is 5.72. The Balaban J connectivity index is 2.06. The number of aromatic nitrogens is 3. The molecule has 0 amide bonds. The lowest BCUT2D eigenvalue weighted by molar-refractivity contribution is 0.761. The molecule has 0 radical (unpaired) electrons. The second-order valence-electron chi connectivity index (χ2n) is 3.26. The molecule has 0 bridgehead atoms. The molecule has 0 aliphatic rings. The summed E-state index contributed by atoms with van der Waals surface area (Å²) in [5, 5.41) is 7.51.